The van der Waals surface area contributed by atoms with Gasteiger partial charge < -0.3 is 9.84 Å². The zero-order valence-electron chi connectivity index (χ0n) is 19.2. The van der Waals surface area contributed by atoms with Gasteiger partial charge in [-0.25, -0.2) is 8.42 Å². The smallest absolute Gasteiger partial charge is 0.244 e. The summed E-state index contributed by atoms with van der Waals surface area (Å²) in [6.07, 6.45) is 1.76. The van der Waals surface area contributed by atoms with Gasteiger partial charge in [0.05, 0.1) is 15.7 Å². The molecule has 1 saturated heterocycles. The fourth-order valence-electron chi connectivity index (χ4n) is 3.90. The van der Waals surface area contributed by atoms with Crippen LogP contribution in [0.25, 0.3) is 10.7 Å². The minimum absolute atomic E-state index is 0.0907. The molecular weight excluding hydrogens is 476 g/mol. The van der Waals surface area contributed by atoms with Crippen LogP contribution in [0.1, 0.15) is 47.8 Å². The van der Waals surface area contributed by atoms with E-state index in [-0.39, 0.29) is 23.1 Å². The van der Waals surface area contributed by atoms with E-state index in [0.717, 1.165) is 0 Å². The fraction of sp³-hybridized carbons (Fsp3) is 0.391. The predicted molar refractivity (Wildman–Crippen MR) is 128 cm³/mol. The third-order valence-corrected chi connectivity index (χ3v) is 8.94. The molecule has 1 fully saturated rings. The van der Waals surface area contributed by atoms with Crippen molar-refractivity contribution in [3.8, 4) is 10.7 Å². The van der Waals surface area contributed by atoms with Gasteiger partial charge in [0, 0.05) is 35.6 Å². The van der Waals surface area contributed by atoms with Crippen molar-refractivity contribution < 1.29 is 22.5 Å². The first-order valence-corrected chi connectivity index (χ1v) is 13.3. The predicted octanol–water partition coefficient (Wildman–Crippen LogP) is 3.91. The summed E-state index contributed by atoms with van der Waals surface area (Å²) in [6, 6.07) is 8.29. The second kappa shape index (κ2) is 9.77. The van der Waals surface area contributed by atoms with Gasteiger partial charge in [-0.3, -0.25) is 9.59 Å². The molecule has 0 spiro atoms. The monoisotopic (exact) mass is 502 g/mol. The summed E-state index contributed by atoms with van der Waals surface area (Å²) < 4.78 is 33.4. The number of nitrogens with zero attached hydrogens (tertiary/aromatic N) is 3. The molecule has 9 nitrogen and oxygen atoms in total. The first-order valence-electron chi connectivity index (χ1n) is 11.0. The molecule has 4 rings (SSSR count). The summed E-state index contributed by atoms with van der Waals surface area (Å²) in [5.41, 5.74) is 1.02. The van der Waals surface area contributed by atoms with Crippen molar-refractivity contribution in [2.75, 3.05) is 18.4 Å². The topological polar surface area (TPSA) is 122 Å². The Kier molecular flexibility index (Phi) is 6.96. The maximum Gasteiger partial charge on any atom is 0.244 e. The van der Waals surface area contributed by atoms with Crippen LogP contribution in [0.15, 0.2) is 39.8 Å². The largest absolute Gasteiger partial charge is 0.339 e. The van der Waals surface area contributed by atoms with Crippen LogP contribution < -0.4 is 5.32 Å². The summed E-state index contributed by atoms with van der Waals surface area (Å²) >= 11 is 1.30. The minimum atomic E-state index is -3.80. The van der Waals surface area contributed by atoms with E-state index in [9.17, 15) is 18.0 Å². The number of Topliss-reactive ketones (excluding diaryl/α,β-unsaturated/α-hetero) is 1. The number of hydrogen-bond acceptors (Lipinski definition) is 8. The molecule has 0 radical (unpaired) electrons. The number of anilines is 1. The van der Waals surface area contributed by atoms with E-state index in [4.69, 9.17) is 4.52 Å². The van der Waals surface area contributed by atoms with E-state index in [1.165, 1.54) is 22.6 Å². The minimum Gasteiger partial charge on any atom is -0.339 e. The van der Waals surface area contributed by atoms with Gasteiger partial charge in [-0.15, -0.1) is 11.3 Å². The van der Waals surface area contributed by atoms with Crippen molar-refractivity contribution in [2.24, 2.45) is 5.92 Å². The van der Waals surface area contributed by atoms with Crippen molar-refractivity contribution in [3.63, 3.8) is 0 Å². The molecule has 0 aliphatic carbocycles. The van der Waals surface area contributed by atoms with Gasteiger partial charge >= 0.3 is 0 Å². The number of nitrogens with one attached hydrogen (secondary N) is 1. The Morgan fingerprint density at radius 2 is 2.09 bits per heavy atom. The lowest BCUT2D eigenvalue weighted by molar-refractivity contribution is -0.120. The fourth-order valence-corrected chi connectivity index (χ4v) is 6.91. The molecule has 1 atom stereocenters. The van der Waals surface area contributed by atoms with Gasteiger partial charge in [-0.05, 0) is 44.9 Å². The Bertz CT molecular complexity index is 1330. The number of thiophene rings is 1. The van der Waals surface area contributed by atoms with Gasteiger partial charge in [0.2, 0.25) is 27.6 Å². The number of benzene rings is 1. The second-order valence-corrected chi connectivity index (χ2v) is 11.4. The van der Waals surface area contributed by atoms with Crippen molar-refractivity contribution >= 4 is 38.7 Å². The van der Waals surface area contributed by atoms with Crippen molar-refractivity contribution in [3.05, 3.63) is 46.7 Å². The molecule has 0 saturated carbocycles. The summed E-state index contributed by atoms with van der Waals surface area (Å²) in [5.74, 6) is 0.0111. The number of sulfonamides is 1. The lowest BCUT2D eigenvalue weighted by Gasteiger charge is -2.31. The number of amides is 1. The van der Waals surface area contributed by atoms with Crippen molar-refractivity contribution in [1.82, 2.24) is 14.4 Å². The average molecular weight is 503 g/mol. The standard InChI is InChI=1S/C23H26N4O5S2/c1-4-21-25-22(26-32-21)19-12-20(15(3)33-19)34(30,31)27-10-6-8-17(13-27)23(29)24-18-9-5-7-16(11-18)14(2)28/h5,7,9,11-12,17H,4,6,8,10,13H2,1-3H3,(H,24,29)/t17-/m0/s1. The number of rotatable bonds is 7. The molecule has 3 aromatic rings. The van der Waals surface area contributed by atoms with Crippen LogP contribution in [-0.2, 0) is 21.2 Å². The van der Waals surface area contributed by atoms with Gasteiger partial charge in [0.25, 0.3) is 0 Å². The molecule has 11 heteroatoms. The van der Waals surface area contributed by atoms with Gasteiger partial charge in [-0.1, -0.05) is 24.2 Å². The third-order valence-electron chi connectivity index (χ3n) is 5.77. The highest BCUT2D eigenvalue weighted by Crippen LogP contribution is 2.35. The number of carbonyl (C=O) groups is 2. The molecule has 1 aromatic carbocycles. The van der Waals surface area contributed by atoms with Crippen LogP contribution in [0.5, 0.6) is 0 Å². The Labute approximate surface area is 202 Å². The molecule has 0 unspecified atom stereocenters. The zero-order valence-corrected chi connectivity index (χ0v) is 20.8. The first-order chi connectivity index (χ1) is 16.2. The van der Waals surface area contributed by atoms with Crippen LogP contribution in [0.3, 0.4) is 0 Å². The third kappa shape index (κ3) is 4.96. The molecule has 3 heterocycles. The van der Waals surface area contributed by atoms with E-state index < -0.39 is 15.9 Å². The van der Waals surface area contributed by atoms with E-state index >= 15 is 0 Å². The van der Waals surface area contributed by atoms with Gasteiger partial charge in [0.15, 0.2) is 5.78 Å². The number of aromatic nitrogens is 2. The van der Waals surface area contributed by atoms with E-state index in [0.29, 0.717) is 58.5 Å². The van der Waals surface area contributed by atoms with Crippen LogP contribution in [-0.4, -0.2) is 47.6 Å². The second-order valence-electron chi connectivity index (χ2n) is 8.22. The van der Waals surface area contributed by atoms with Gasteiger partial charge in [0.1, 0.15) is 0 Å². The van der Waals surface area contributed by atoms with Crippen LogP contribution >= 0.6 is 11.3 Å². The summed E-state index contributed by atoms with van der Waals surface area (Å²) in [6.45, 7) is 5.55. The van der Waals surface area contributed by atoms with E-state index in [1.807, 2.05) is 6.92 Å². The Morgan fingerprint density at radius 1 is 1.29 bits per heavy atom. The molecule has 34 heavy (non-hydrogen) atoms. The Morgan fingerprint density at radius 3 is 2.79 bits per heavy atom. The number of carbonyl (C=O) groups excluding carboxylic acids is 2. The lowest BCUT2D eigenvalue weighted by Crippen LogP contribution is -2.43. The van der Waals surface area contributed by atoms with Crippen LogP contribution in [0, 0.1) is 12.8 Å². The molecule has 1 aliphatic rings. The van der Waals surface area contributed by atoms with E-state index in [2.05, 4.69) is 15.5 Å². The van der Waals surface area contributed by atoms with Crippen LogP contribution in [0.4, 0.5) is 5.69 Å². The molecule has 180 valence electrons. The maximum absolute atomic E-state index is 13.5. The van der Waals surface area contributed by atoms with E-state index in [1.54, 1.807) is 37.3 Å². The summed E-state index contributed by atoms with van der Waals surface area (Å²) in [4.78, 5) is 30.3. The molecule has 1 aliphatic heterocycles. The highest BCUT2D eigenvalue weighted by Gasteiger charge is 2.35. The lowest BCUT2D eigenvalue weighted by atomic mass is 9.98. The van der Waals surface area contributed by atoms with Crippen molar-refractivity contribution in [2.45, 2.75) is 44.9 Å². The number of piperidine rings is 1. The SMILES string of the molecule is CCc1nc(-c2cc(S(=O)(=O)N3CCC[C@H](C(=O)Nc4cccc(C(C)=O)c4)C3)c(C)s2)no1. The molecule has 1 N–H and O–H groups in total. The number of ketones is 1. The first kappa shape index (κ1) is 24.2. The summed E-state index contributed by atoms with van der Waals surface area (Å²) in [5, 5.41) is 6.77. The Balaban J connectivity index is 1.50. The highest BCUT2D eigenvalue weighted by atomic mass is 32.2. The van der Waals surface area contributed by atoms with Gasteiger partial charge in [-0.2, -0.15) is 9.29 Å². The van der Waals surface area contributed by atoms with Crippen molar-refractivity contribution in [1.29, 1.82) is 0 Å². The average Bonchev–Trinajstić information content (AvgIpc) is 3.46. The normalized spacial score (nSPS) is 17.0. The molecule has 2 aromatic heterocycles. The maximum atomic E-state index is 13.5. The number of aryl methyl sites for hydroxylation is 2. The highest BCUT2D eigenvalue weighted by molar-refractivity contribution is 7.89. The van der Waals surface area contributed by atoms with Crippen LogP contribution in [0.2, 0.25) is 0 Å². The number of hydrogen-bond donors (Lipinski definition) is 1. The molecule has 1 amide bonds. The molecular formula is C23H26N4O5S2. The Hall–Kier alpha value is -2.89. The summed E-state index contributed by atoms with van der Waals surface area (Å²) in [7, 11) is -3.80. The molecule has 0 bridgehead atoms. The quantitative estimate of drug-likeness (QED) is 0.486. The zero-order chi connectivity index (χ0) is 24.5.